The second-order valence-electron chi connectivity index (χ2n) is 1.27. The van der Waals surface area contributed by atoms with Crippen molar-refractivity contribution in [3.63, 3.8) is 0 Å². The first-order valence-corrected chi connectivity index (χ1v) is 2.04. The van der Waals surface area contributed by atoms with Crippen molar-refractivity contribution in [1.29, 1.82) is 5.41 Å². The predicted octanol–water partition coefficient (Wildman–Crippen LogP) is 0.713. The smallest absolute Gasteiger partial charge is 0.353 e. The number of carbonyl (C=O) groups excluding carboxylic acids is 1. The van der Waals surface area contributed by atoms with Crippen molar-refractivity contribution in [2.24, 2.45) is 0 Å². The van der Waals surface area contributed by atoms with E-state index in [1.54, 1.807) is 6.92 Å². The number of rotatable bonds is 2. The van der Waals surface area contributed by atoms with Gasteiger partial charge in [-0.05, 0) is 6.92 Å². The fourth-order valence-corrected chi connectivity index (χ4v) is 0.201. The van der Waals surface area contributed by atoms with E-state index in [0.29, 0.717) is 12.0 Å². The summed E-state index contributed by atoms with van der Waals surface area (Å²) in [4.78, 5) is 10.1. The molecule has 0 aliphatic carbocycles. The van der Waals surface area contributed by atoms with Gasteiger partial charge in [-0.25, -0.2) is 4.79 Å². The predicted molar refractivity (Wildman–Crippen MR) is 29.7 cm³/mol. The summed E-state index contributed by atoms with van der Waals surface area (Å²) < 4.78 is 4.32. The van der Waals surface area contributed by atoms with Gasteiger partial charge in [0.1, 0.15) is 6.21 Å². The maximum Gasteiger partial charge on any atom is 0.353 e. The Morgan fingerprint density at radius 3 is 2.50 bits per heavy atom. The standard InChI is InChI=1S/C5H7NO2/c1-4(2)8-5(7)3-6/h3,6H,1H2,2H3. The number of ether oxygens (including phenoxy) is 1. The monoisotopic (exact) mass is 113 g/mol. The molecule has 0 bridgehead atoms. The maximum absolute atomic E-state index is 10.1. The molecule has 0 spiro atoms. The van der Waals surface area contributed by atoms with Crippen LogP contribution < -0.4 is 0 Å². The molecule has 3 heteroatoms. The molecule has 0 atom stereocenters. The van der Waals surface area contributed by atoms with Gasteiger partial charge < -0.3 is 10.1 Å². The highest BCUT2D eigenvalue weighted by molar-refractivity contribution is 6.22. The first-order valence-electron chi connectivity index (χ1n) is 2.04. The summed E-state index contributed by atoms with van der Waals surface area (Å²) in [6.45, 7) is 4.84. The van der Waals surface area contributed by atoms with E-state index >= 15 is 0 Å². The normalized spacial score (nSPS) is 7.62. The fraction of sp³-hybridized carbons (Fsp3) is 0.200. The minimum Gasteiger partial charge on any atom is -0.428 e. The highest BCUT2D eigenvalue weighted by atomic mass is 16.5. The summed E-state index contributed by atoms with van der Waals surface area (Å²) in [5.41, 5.74) is 0. The topological polar surface area (TPSA) is 50.2 Å². The average molecular weight is 113 g/mol. The second-order valence-corrected chi connectivity index (χ2v) is 1.27. The minimum absolute atomic E-state index is 0.304. The average Bonchev–Trinajstić information content (AvgIpc) is 1.65. The van der Waals surface area contributed by atoms with Crippen molar-refractivity contribution in [3.05, 3.63) is 12.3 Å². The Balaban J connectivity index is 3.55. The van der Waals surface area contributed by atoms with E-state index in [1.807, 2.05) is 0 Å². The zero-order chi connectivity index (χ0) is 6.57. The van der Waals surface area contributed by atoms with E-state index in [0.717, 1.165) is 0 Å². The van der Waals surface area contributed by atoms with Crippen LogP contribution in [0, 0.1) is 5.41 Å². The van der Waals surface area contributed by atoms with Gasteiger partial charge in [0.15, 0.2) is 0 Å². The Hall–Kier alpha value is -1.12. The van der Waals surface area contributed by atoms with Crippen molar-refractivity contribution in [2.75, 3.05) is 0 Å². The molecule has 0 fully saturated rings. The third-order valence-corrected chi connectivity index (χ3v) is 0.393. The Morgan fingerprint density at radius 2 is 2.38 bits per heavy atom. The van der Waals surface area contributed by atoms with Gasteiger partial charge in [0, 0.05) is 0 Å². The number of carbonyl (C=O) groups is 1. The molecule has 0 saturated carbocycles. The highest BCUT2D eigenvalue weighted by Gasteiger charge is 1.93. The van der Waals surface area contributed by atoms with Crippen molar-refractivity contribution in [3.8, 4) is 0 Å². The van der Waals surface area contributed by atoms with Crippen molar-refractivity contribution >= 4 is 12.2 Å². The fourth-order valence-electron chi connectivity index (χ4n) is 0.201. The molecule has 0 amide bonds. The zero-order valence-corrected chi connectivity index (χ0v) is 4.60. The van der Waals surface area contributed by atoms with E-state index in [9.17, 15) is 4.79 Å². The first-order chi connectivity index (χ1) is 3.66. The van der Waals surface area contributed by atoms with Crippen LogP contribution in [0.1, 0.15) is 6.92 Å². The molecule has 0 aromatic heterocycles. The molecule has 0 aromatic carbocycles. The largest absolute Gasteiger partial charge is 0.428 e. The van der Waals surface area contributed by atoms with E-state index in [2.05, 4.69) is 11.3 Å². The van der Waals surface area contributed by atoms with Gasteiger partial charge in [0.25, 0.3) is 0 Å². The molecule has 0 heterocycles. The molecule has 0 aliphatic heterocycles. The number of hydrogen-bond donors (Lipinski definition) is 1. The molecule has 44 valence electrons. The summed E-state index contributed by atoms with van der Waals surface area (Å²) in [6, 6.07) is 0. The van der Waals surface area contributed by atoms with Crippen LogP contribution in [0.2, 0.25) is 0 Å². The van der Waals surface area contributed by atoms with Gasteiger partial charge >= 0.3 is 5.97 Å². The van der Waals surface area contributed by atoms with E-state index in [4.69, 9.17) is 5.41 Å². The van der Waals surface area contributed by atoms with Gasteiger partial charge in [-0.15, -0.1) is 0 Å². The van der Waals surface area contributed by atoms with Crippen LogP contribution in [0.15, 0.2) is 12.3 Å². The molecule has 0 aliphatic rings. The Labute approximate surface area is 47.5 Å². The minimum atomic E-state index is -0.683. The Kier molecular flexibility index (Phi) is 2.54. The summed E-state index contributed by atoms with van der Waals surface area (Å²) in [5, 5.41) is 6.36. The van der Waals surface area contributed by atoms with Crippen LogP contribution in [-0.4, -0.2) is 12.2 Å². The molecule has 3 nitrogen and oxygen atoms in total. The molecular formula is C5H7NO2. The lowest BCUT2D eigenvalue weighted by Gasteiger charge is -1.93. The highest BCUT2D eigenvalue weighted by Crippen LogP contribution is 1.87. The molecule has 0 radical (unpaired) electrons. The molecule has 0 saturated heterocycles. The SMILES string of the molecule is C=C(C)OC(=O)C=N. The maximum atomic E-state index is 10.1. The third-order valence-electron chi connectivity index (χ3n) is 0.393. The van der Waals surface area contributed by atoms with Gasteiger partial charge in [0.05, 0.1) is 5.76 Å². The molecular weight excluding hydrogens is 106 g/mol. The molecule has 0 unspecified atom stereocenters. The number of nitrogens with one attached hydrogen (secondary N) is 1. The molecule has 8 heavy (non-hydrogen) atoms. The van der Waals surface area contributed by atoms with Gasteiger partial charge in [-0.1, -0.05) is 6.58 Å². The summed E-state index contributed by atoms with van der Waals surface area (Å²) in [7, 11) is 0. The van der Waals surface area contributed by atoms with E-state index < -0.39 is 5.97 Å². The van der Waals surface area contributed by atoms with Gasteiger partial charge in [-0.3, -0.25) is 0 Å². The van der Waals surface area contributed by atoms with Crippen molar-refractivity contribution in [2.45, 2.75) is 6.92 Å². The van der Waals surface area contributed by atoms with E-state index in [1.165, 1.54) is 0 Å². The molecule has 0 aromatic rings. The lowest BCUT2D eigenvalue weighted by atomic mass is 10.6. The molecule has 0 rings (SSSR count). The molecule has 1 N–H and O–H groups in total. The number of allylic oxidation sites excluding steroid dienone is 1. The van der Waals surface area contributed by atoms with Crippen LogP contribution in [0.25, 0.3) is 0 Å². The van der Waals surface area contributed by atoms with Crippen molar-refractivity contribution < 1.29 is 9.53 Å². The van der Waals surface area contributed by atoms with Gasteiger partial charge in [0.2, 0.25) is 0 Å². The van der Waals surface area contributed by atoms with Crippen LogP contribution in [0.5, 0.6) is 0 Å². The quantitative estimate of drug-likeness (QED) is 0.326. The van der Waals surface area contributed by atoms with Gasteiger partial charge in [-0.2, -0.15) is 0 Å². The zero-order valence-electron chi connectivity index (χ0n) is 4.60. The van der Waals surface area contributed by atoms with E-state index in [-0.39, 0.29) is 0 Å². The first kappa shape index (κ1) is 6.88. The van der Waals surface area contributed by atoms with Crippen LogP contribution in [0.4, 0.5) is 0 Å². The van der Waals surface area contributed by atoms with Crippen LogP contribution in [0.3, 0.4) is 0 Å². The van der Waals surface area contributed by atoms with Crippen molar-refractivity contribution in [1.82, 2.24) is 0 Å². The third kappa shape index (κ3) is 3.08. The summed E-state index contributed by atoms with van der Waals surface area (Å²) in [6.07, 6.45) is 0.592. The summed E-state index contributed by atoms with van der Waals surface area (Å²) in [5.74, 6) is -0.379. The number of hydrogen-bond acceptors (Lipinski definition) is 3. The lowest BCUT2D eigenvalue weighted by Crippen LogP contribution is -2.01. The Bertz CT molecular complexity index is 128. The van der Waals surface area contributed by atoms with Crippen LogP contribution in [-0.2, 0) is 9.53 Å². The summed E-state index contributed by atoms with van der Waals surface area (Å²) >= 11 is 0. The lowest BCUT2D eigenvalue weighted by molar-refractivity contribution is -0.131. The number of esters is 1. The second kappa shape index (κ2) is 2.96. The Morgan fingerprint density at radius 1 is 1.88 bits per heavy atom. The van der Waals surface area contributed by atoms with Crippen LogP contribution >= 0.6 is 0 Å².